The van der Waals surface area contributed by atoms with E-state index in [0.29, 0.717) is 23.4 Å². The van der Waals surface area contributed by atoms with Crippen LogP contribution in [0.2, 0.25) is 0 Å². The molecule has 5 nitrogen and oxygen atoms in total. The van der Waals surface area contributed by atoms with Crippen molar-refractivity contribution in [2.75, 3.05) is 16.8 Å². The van der Waals surface area contributed by atoms with E-state index in [1.807, 2.05) is 54.6 Å². The molecule has 1 fully saturated rings. The Hall–Kier alpha value is -3.60. The number of hydrogen-bond acceptors (Lipinski definition) is 3. The first kappa shape index (κ1) is 17.8. The molecule has 0 radical (unpaired) electrons. The van der Waals surface area contributed by atoms with Crippen LogP contribution < -0.4 is 15.0 Å². The Morgan fingerprint density at radius 3 is 2.18 bits per heavy atom. The molecule has 1 heterocycles. The molecule has 140 valence electrons. The van der Waals surface area contributed by atoms with Crippen molar-refractivity contribution in [1.29, 1.82) is 0 Å². The molecule has 0 bridgehead atoms. The highest BCUT2D eigenvalue weighted by atomic mass is 16.5. The summed E-state index contributed by atoms with van der Waals surface area (Å²) < 4.78 is 5.75. The van der Waals surface area contributed by atoms with E-state index in [-0.39, 0.29) is 11.8 Å². The number of nitrogens with one attached hydrogen (secondary N) is 1. The maximum atomic E-state index is 12.5. The lowest BCUT2D eigenvalue weighted by atomic mass is 10.1. The summed E-state index contributed by atoms with van der Waals surface area (Å²) in [6, 6.07) is 23.8. The predicted molar refractivity (Wildman–Crippen MR) is 109 cm³/mol. The SMILES string of the molecule is O=C(Nc1ccc(Oc2ccccc2)cc1)c1ccc(N2CCCC2=O)cc1. The molecular weight excluding hydrogens is 352 g/mol. The average Bonchev–Trinajstić information content (AvgIpc) is 3.16. The molecule has 0 aliphatic carbocycles. The smallest absolute Gasteiger partial charge is 0.255 e. The summed E-state index contributed by atoms with van der Waals surface area (Å²) in [4.78, 5) is 26.0. The average molecular weight is 372 g/mol. The Kier molecular flexibility index (Phi) is 5.06. The van der Waals surface area contributed by atoms with Crippen molar-refractivity contribution in [3.8, 4) is 11.5 Å². The predicted octanol–water partition coefficient (Wildman–Crippen LogP) is 4.86. The van der Waals surface area contributed by atoms with Gasteiger partial charge >= 0.3 is 0 Å². The van der Waals surface area contributed by atoms with Gasteiger partial charge in [0.15, 0.2) is 0 Å². The highest BCUT2D eigenvalue weighted by molar-refractivity contribution is 6.04. The summed E-state index contributed by atoms with van der Waals surface area (Å²) >= 11 is 0. The van der Waals surface area contributed by atoms with Gasteiger partial charge in [-0.2, -0.15) is 0 Å². The van der Waals surface area contributed by atoms with E-state index in [1.54, 1.807) is 29.2 Å². The van der Waals surface area contributed by atoms with Gasteiger partial charge in [-0.1, -0.05) is 18.2 Å². The van der Waals surface area contributed by atoms with Gasteiger partial charge in [-0.05, 0) is 67.1 Å². The van der Waals surface area contributed by atoms with Crippen LogP contribution in [0.25, 0.3) is 0 Å². The molecule has 0 saturated carbocycles. The van der Waals surface area contributed by atoms with Crippen LogP contribution in [0.15, 0.2) is 78.9 Å². The number of hydrogen-bond donors (Lipinski definition) is 1. The molecule has 0 spiro atoms. The van der Waals surface area contributed by atoms with Crippen LogP contribution in [0.4, 0.5) is 11.4 Å². The van der Waals surface area contributed by atoms with Crippen LogP contribution >= 0.6 is 0 Å². The van der Waals surface area contributed by atoms with Crippen LogP contribution in [0.5, 0.6) is 11.5 Å². The van der Waals surface area contributed by atoms with Crippen molar-refractivity contribution >= 4 is 23.2 Å². The minimum Gasteiger partial charge on any atom is -0.457 e. The van der Waals surface area contributed by atoms with Crippen LogP contribution in [0.1, 0.15) is 23.2 Å². The number of carbonyl (C=O) groups excluding carboxylic acids is 2. The normalized spacial score (nSPS) is 13.4. The van der Waals surface area contributed by atoms with Gasteiger partial charge in [0.05, 0.1) is 0 Å². The molecule has 5 heteroatoms. The fourth-order valence-corrected chi connectivity index (χ4v) is 3.15. The zero-order valence-electron chi connectivity index (χ0n) is 15.3. The minimum atomic E-state index is -0.198. The first-order chi connectivity index (χ1) is 13.7. The number of nitrogens with zero attached hydrogens (tertiary/aromatic N) is 1. The summed E-state index contributed by atoms with van der Waals surface area (Å²) in [5, 5.41) is 2.87. The fourth-order valence-electron chi connectivity index (χ4n) is 3.15. The Bertz CT molecular complexity index is 967. The summed E-state index contributed by atoms with van der Waals surface area (Å²) in [6.45, 7) is 0.738. The van der Waals surface area contributed by atoms with E-state index in [1.165, 1.54) is 0 Å². The highest BCUT2D eigenvalue weighted by Gasteiger charge is 2.21. The van der Waals surface area contributed by atoms with Crippen molar-refractivity contribution in [1.82, 2.24) is 0 Å². The van der Waals surface area contributed by atoms with Gasteiger partial charge in [0.1, 0.15) is 11.5 Å². The zero-order chi connectivity index (χ0) is 19.3. The van der Waals surface area contributed by atoms with Gasteiger partial charge in [-0.3, -0.25) is 9.59 Å². The number of carbonyl (C=O) groups is 2. The molecule has 0 atom stereocenters. The quantitative estimate of drug-likeness (QED) is 0.696. The van der Waals surface area contributed by atoms with Crippen LogP contribution in [-0.2, 0) is 4.79 Å². The van der Waals surface area contributed by atoms with Crippen molar-refractivity contribution in [2.24, 2.45) is 0 Å². The molecule has 28 heavy (non-hydrogen) atoms. The molecule has 1 saturated heterocycles. The second kappa shape index (κ2) is 7.96. The van der Waals surface area contributed by atoms with Gasteiger partial charge in [0.2, 0.25) is 5.91 Å². The molecule has 0 aromatic heterocycles. The van der Waals surface area contributed by atoms with Crippen LogP contribution in [0.3, 0.4) is 0 Å². The van der Waals surface area contributed by atoms with Gasteiger partial charge < -0.3 is 15.0 Å². The van der Waals surface area contributed by atoms with Crippen molar-refractivity contribution in [2.45, 2.75) is 12.8 Å². The third-order valence-corrected chi connectivity index (χ3v) is 4.61. The van der Waals surface area contributed by atoms with E-state index >= 15 is 0 Å². The number of amides is 2. The maximum absolute atomic E-state index is 12.5. The zero-order valence-corrected chi connectivity index (χ0v) is 15.3. The first-order valence-corrected chi connectivity index (χ1v) is 9.24. The number of rotatable bonds is 5. The molecular formula is C23H20N2O3. The first-order valence-electron chi connectivity index (χ1n) is 9.24. The summed E-state index contributed by atoms with van der Waals surface area (Å²) in [5.41, 5.74) is 2.06. The Labute approximate surface area is 163 Å². The summed E-state index contributed by atoms with van der Waals surface area (Å²) in [6.07, 6.45) is 1.47. The van der Waals surface area contributed by atoms with Crippen molar-refractivity contribution < 1.29 is 14.3 Å². The van der Waals surface area contributed by atoms with E-state index in [4.69, 9.17) is 4.74 Å². The number of ether oxygens (including phenoxy) is 1. The van der Waals surface area contributed by atoms with Gasteiger partial charge in [0, 0.05) is 29.9 Å². The van der Waals surface area contributed by atoms with Crippen molar-refractivity contribution in [3.05, 3.63) is 84.4 Å². The van der Waals surface area contributed by atoms with E-state index in [9.17, 15) is 9.59 Å². The molecule has 3 aromatic carbocycles. The lowest BCUT2D eigenvalue weighted by molar-refractivity contribution is -0.117. The van der Waals surface area contributed by atoms with Gasteiger partial charge in [-0.25, -0.2) is 0 Å². The van der Waals surface area contributed by atoms with E-state index in [2.05, 4.69) is 5.32 Å². The number of para-hydroxylation sites is 1. The standard InChI is InChI=1S/C23H20N2O3/c26-22-7-4-16-25(22)19-12-8-17(9-13-19)23(27)24-18-10-14-21(15-11-18)28-20-5-2-1-3-6-20/h1-3,5-6,8-15H,4,7,16H2,(H,24,27). The van der Waals surface area contributed by atoms with Gasteiger partial charge in [-0.15, -0.1) is 0 Å². The Morgan fingerprint density at radius 2 is 1.54 bits per heavy atom. The third-order valence-electron chi connectivity index (χ3n) is 4.61. The Balaban J connectivity index is 1.38. The lowest BCUT2D eigenvalue weighted by Crippen LogP contribution is -2.23. The molecule has 3 aromatic rings. The second-order valence-corrected chi connectivity index (χ2v) is 6.59. The minimum absolute atomic E-state index is 0.134. The number of benzene rings is 3. The molecule has 1 N–H and O–H groups in total. The van der Waals surface area contributed by atoms with E-state index in [0.717, 1.165) is 24.4 Å². The third kappa shape index (κ3) is 4.04. The Morgan fingerprint density at radius 1 is 0.857 bits per heavy atom. The van der Waals surface area contributed by atoms with Crippen molar-refractivity contribution in [3.63, 3.8) is 0 Å². The van der Waals surface area contributed by atoms with Gasteiger partial charge in [0.25, 0.3) is 5.91 Å². The summed E-state index contributed by atoms with van der Waals surface area (Å²) in [5.74, 6) is 1.39. The second-order valence-electron chi connectivity index (χ2n) is 6.59. The fraction of sp³-hybridized carbons (Fsp3) is 0.130. The molecule has 0 unspecified atom stereocenters. The molecule has 4 rings (SSSR count). The monoisotopic (exact) mass is 372 g/mol. The molecule has 1 aliphatic rings. The highest BCUT2D eigenvalue weighted by Crippen LogP contribution is 2.24. The van der Waals surface area contributed by atoms with Crippen LogP contribution in [-0.4, -0.2) is 18.4 Å². The van der Waals surface area contributed by atoms with Crippen LogP contribution in [0, 0.1) is 0 Å². The number of anilines is 2. The lowest BCUT2D eigenvalue weighted by Gasteiger charge is -2.15. The largest absolute Gasteiger partial charge is 0.457 e. The van der Waals surface area contributed by atoms with E-state index < -0.39 is 0 Å². The molecule has 2 amide bonds. The topological polar surface area (TPSA) is 58.6 Å². The maximum Gasteiger partial charge on any atom is 0.255 e. The molecule has 1 aliphatic heterocycles. The summed E-state index contributed by atoms with van der Waals surface area (Å²) in [7, 11) is 0.